The Morgan fingerprint density at radius 3 is 2.75 bits per heavy atom. The Morgan fingerprint density at radius 2 is 2.10 bits per heavy atom. The second-order valence-electron chi connectivity index (χ2n) is 4.11. The molecule has 0 amide bonds. The van der Waals surface area contributed by atoms with Gasteiger partial charge >= 0.3 is 0 Å². The van der Waals surface area contributed by atoms with E-state index in [1.807, 2.05) is 13.0 Å². The van der Waals surface area contributed by atoms with E-state index < -0.39 is 5.82 Å². The normalized spacial score (nSPS) is 11.4. The molecule has 0 atom stereocenters. The molecule has 0 saturated heterocycles. The third-order valence-corrected chi connectivity index (χ3v) is 3.00. The van der Waals surface area contributed by atoms with Crippen molar-refractivity contribution in [1.29, 1.82) is 0 Å². The average molecular weight is 295 g/mol. The molecule has 0 bridgehead atoms. The summed E-state index contributed by atoms with van der Waals surface area (Å²) in [6.07, 6.45) is 0. The zero-order valence-electron chi connectivity index (χ0n) is 10.6. The number of oxime groups is 1. The maximum absolute atomic E-state index is 13.1. The second-order valence-corrected chi connectivity index (χ2v) is 4.52. The summed E-state index contributed by atoms with van der Waals surface area (Å²) in [6, 6.07) is 9.24. The fourth-order valence-corrected chi connectivity index (χ4v) is 1.87. The van der Waals surface area contributed by atoms with Crippen molar-refractivity contribution in [2.75, 3.05) is 0 Å². The molecule has 6 heteroatoms. The molecular formula is C14H12ClFN2O2. The summed E-state index contributed by atoms with van der Waals surface area (Å²) in [6.45, 7) is 1.81. The van der Waals surface area contributed by atoms with Crippen LogP contribution in [0.2, 0.25) is 5.02 Å². The van der Waals surface area contributed by atoms with Gasteiger partial charge in [0.25, 0.3) is 0 Å². The molecule has 0 radical (unpaired) electrons. The largest absolute Gasteiger partial charge is 0.456 e. The molecule has 0 spiro atoms. The van der Waals surface area contributed by atoms with Crippen molar-refractivity contribution in [3.05, 3.63) is 58.4 Å². The van der Waals surface area contributed by atoms with Gasteiger partial charge in [-0.1, -0.05) is 28.9 Å². The van der Waals surface area contributed by atoms with E-state index in [9.17, 15) is 4.39 Å². The average Bonchev–Trinajstić information content (AvgIpc) is 2.44. The van der Waals surface area contributed by atoms with Gasteiger partial charge in [-0.2, -0.15) is 0 Å². The number of para-hydroxylation sites is 1. The van der Waals surface area contributed by atoms with E-state index in [4.69, 9.17) is 27.3 Å². The van der Waals surface area contributed by atoms with Crippen molar-refractivity contribution in [3.63, 3.8) is 0 Å². The third kappa shape index (κ3) is 2.83. The third-order valence-electron chi connectivity index (χ3n) is 2.71. The smallest absolute Gasteiger partial charge is 0.173 e. The van der Waals surface area contributed by atoms with Gasteiger partial charge in [0.1, 0.15) is 17.3 Å². The zero-order chi connectivity index (χ0) is 14.7. The fraction of sp³-hybridized carbons (Fsp3) is 0.0714. The summed E-state index contributed by atoms with van der Waals surface area (Å²) < 4.78 is 18.8. The van der Waals surface area contributed by atoms with E-state index in [0.717, 1.165) is 5.56 Å². The quantitative estimate of drug-likeness (QED) is 0.393. The van der Waals surface area contributed by atoms with Crippen LogP contribution in [0.15, 0.2) is 41.6 Å². The predicted octanol–water partition coefficient (Wildman–Crippen LogP) is 3.67. The molecule has 0 unspecified atom stereocenters. The van der Waals surface area contributed by atoms with Gasteiger partial charge in [-0.05, 0) is 30.7 Å². The van der Waals surface area contributed by atoms with Crippen molar-refractivity contribution in [3.8, 4) is 11.5 Å². The maximum Gasteiger partial charge on any atom is 0.173 e. The van der Waals surface area contributed by atoms with Gasteiger partial charge < -0.3 is 15.7 Å². The molecule has 0 fully saturated rings. The SMILES string of the molecule is Cc1cccc(/C(N)=N/O)c1Oc1ccc(F)c(Cl)c1. The van der Waals surface area contributed by atoms with Crippen molar-refractivity contribution in [2.24, 2.45) is 10.9 Å². The van der Waals surface area contributed by atoms with Crippen LogP contribution < -0.4 is 10.5 Å². The topological polar surface area (TPSA) is 67.8 Å². The van der Waals surface area contributed by atoms with Crippen LogP contribution >= 0.6 is 11.6 Å². The highest BCUT2D eigenvalue weighted by atomic mass is 35.5. The first-order chi connectivity index (χ1) is 9.52. The van der Waals surface area contributed by atoms with Crippen molar-refractivity contribution in [2.45, 2.75) is 6.92 Å². The number of hydrogen-bond acceptors (Lipinski definition) is 3. The van der Waals surface area contributed by atoms with Crippen LogP contribution in [-0.2, 0) is 0 Å². The highest BCUT2D eigenvalue weighted by Gasteiger charge is 2.12. The lowest BCUT2D eigenvalue weighted by molar-refractivity contribution is 0.318. The summed E-state index contributed by atoms with van der Waals surface area (Å²) in [7, 11) is 0. The Balaban J connectivity index is 2.45. The lowest BCUT2D eigenvalue weighted by atomic mass is 10.1. The van der Waals surface area contributed by atoms with E-state index in [1.165, 1.54) is 18.2 Å². The number of nitrogens with two attached hydrogens (primary N) is 1. The van der Waals surface area contributed by atoms with Crippen LogP contribution in [0.5, 0.6) is 11.5 Å². The lowest BCUT2D eigenvalue weighted by Crippen LogP contribution is -2.14. The van der Waals surface area contributed by atoms with Gasteiger partial charge in [-0.15, -0.1) is 0 Å². The Hall–Kier alpha value is -2.27. The van der Waals surface area contributed by atoms with Crippen LogP contribution in [0.3, 0.4) is 0 Å². The molecule has 3 N–H and O–H groups in total. The molecule has 2 aromatic carbocycles. The Labute approximate surface area is 120 Å². The molecule has 0 aliphatic heterocycles. The van der Waals surface area contributed by atoms with Crippen molar-refractivity contribution < 1.29 is 14.3 Å². The van der Waals surface area contributed by atoms with Crippen molar-refractivity contribution >= 4 is 17.4 Å². The predicted molar refractivity (Wildman–Crippen MR) is 75.2 cm³/mol. The standard InChI is InChI=1S/C14H12ClFN2O2/c1-8-3-2-4-10(14(17)18-19)13(8)20-9-5-6-12(16)11(15)7-9/h2-7,19H,1H3,(H2,17,18). The molecular weight excluding hydrogens is 283 g/mol. The molecule has 0 aliphatic carbocycles. The Kier molecular flexibility index (Phi) is 4.10. The summed E-state index contributed by atoms with van der Waals surface area (Å²) in [5.41, 5.74) is 6.83. The first-order valence-corrected chi connectivity index (χ1v) is 6.11. The monoisotopic (exact) mass is 294 g/mol. The molecule has 104 valence electrons. The number of amidine groups is 1. The highest BCUT2D eigenvalue weighted by molar-refractivity contribution is 6.30. The molecule has 2 rings (SSSR count). The van der Waals surface area contributed by atoms with Crippen molar-refractivity contribution in [1.82, 2.24) is 0 Å². The first-order valence-electron chi connectivity index (χ1n) is 5.73. The van der Waals surface area contributed by atoms with E-state index in [0.29, 0.717) is 17.1 Å². The van der Waals surface area contributed by atoms with E-state index in [1.54, 1.807) is 12.1 Å². The fourth-order valence-electron chi connectivity index (χ4n) is 1.70. The van der Waals surface area contributed by atoms with Gasteiger partial charge in [-0.3, -0.25) is 0 Å². The summed E-state index contributed by atoms with van der Waals surface area (Å²) >= 11 is 5.71. The first kappa shape index (κ1) is 14.1. The second kappa shape index (κ2) is 5.79. The van der Waals surface area contributed by atoms with E-state index in [2.05, 4.69) is 5.16 Å². The summed E-state index contributed by atoms with van der Waals surface area (Å²) in [5, 5.41) is 11.7. The maximum atomic E-state index is 13.1. The lowest BCUT2D eigenvalue weighted by Gasteiger charge is -2.13. The number of hydrogen-bond donors (Lipinski definition) is 2. The Morgan fingerprint density at radius 1 is 1.35 bits per heavy atom. The van der Waals surface area contributed by atoms with Crippen LogP contribution in [0, 0.1) is 12.7 Å². The minimum Gasteiger partial charge on any atom is -0.456 e. The minimum absolute atomic E-state index is 0.0403. The van der Waals surface area contributed by atoms with Gasteiger partial charge in [0.2, 0.25) is 0 Å². The summed E-state index contributed by atoms with van der Waals surface area (Å²) in [4.78, 5) is 0. The number of ether oxygens (including phenoxy) is 1. The van der Waals surface area contributed by atoms with Crippen LogP contribution in [0.25, 0.3) is 0 Å². The molecule has 0 heterocycles. The van der Waals surface area contributed by atoms with Gasteiger partial charge in [0.05, 0.1) is 10.6 Å². The van der Waals surface area contributed by atoms with Gasteiger partial charge in [0.15, 0.2) is 5.84 Å². The zero-order valence-corrected chi connectivity index (χ0v) is 11.4. The van der Waals surface area contributed by atoms with Crippen LogP contribution in [-0.4, -0.2) is 11.0 Å². The molecule has 20 heavy (non-hydrogen) atoms. The number of benzene rings is 2. The number of rotatable bonds is 3. The number of halogens is 2. The molecule has 0 aliphatic rings. The molecule has 0 saturated carbocycles. The minimum atomic E-state index is -0.527. The summed E-state index contributed by atoms with van der Waals surface area (Å²) in [5.74, 6) is 0.181. The number of nitrogens with zero attached hydrogens (tertiary/aromatic N) is 1. The van der Waals surface area contributed by atoms with Crippen LogP contribution in [0.4, 0.5) is 4.39 Å². The molecule has 2 aromatic rings. The molecule has 0 aromatic heterocycles. The highest BCUT2D eigenvalue weighted by Crippen LogP contribution is 2.31. The van der Waals surface area contributed by atoms with Crippen LogP contribution in [0.1, 0.15) is 11.1 Å². The van der Waals surface area contributed by atoms with E-state index >= 15 is 0 Å². The van der Waals surface area contributed by atoms with Gasteiger partial charge in [0, 0.05) is 6.07 Å². The number of aryl methyl sites for hydroxylation is 1. The molecule has 4 nitrogen and oxygen atoms in total. The van der Waals surface area contributed by atoms with E-state index in [-0.39, 0.29) is 10.9 Å². The Bertz CT molecular complexity index is 674. The van der Waals surface area contributed by atoms with Gasteiger partial charge in [-0.25, -0.2) is 4.39 Å².